The van der Waals surface area contributed by atoms with Crippen molar-refractivity contribution in [1.82, 2.24) is 10.6 Å². The molecule has 1 aliphatic carbocycles. The first-order valence-electron chi connectivity index (χ1n) is 7.10. The van der Waals surface area contributed by atoms with Gasteiger partial charge in [-0.2, -0.15) is 0 Å². The molecule has 110 valence electrons. The van der Waals surface area contributed by atoms with Gasteiger partial charge in [-0.25, -0.2) is 0 Å². The molecule has 1 aromatic rings. The third-order valence-electron chi connectivity index (χ3n) is 3.12. The van der Waals surface area contributed by atoms with Gasteiger partial charge < -0.3 is 15.4 Å². The van der Waals surface area contributed by atoms with Crippen LogP contribution in [-0.4, -0.2) is 25.1 Å². The number of benzene rings is 1. The molecule has 1 aliphatic rings. The number of nitrogens with one attached hydrogen (secondary N) is 2. The molecule has 0 aliphatic heterocycles. The summed E-state index contributed by atoms with van der Waals surface area (Å²) in [7, 11) is 0. The van der Waals surface area contributed by atoms with Gasteiger partial charge in [-0.05, 0) is 43.1 Å². The summed E-state index contributed by atoms with van der Waals surface area (Å²) in [5, 5.41) is 6.24. The van der Waals surface area contributed by atoms with Gasteiger partial charge >= 0.3 is 0 Å². The molecule has 0 radical (unpaired) electrons. The van der Waals surface area contributed by atoms with Crippen molar-refractivity contribution in [2.45, 2.75) is 38.8 Å². The smallest absolute Gasteiger partial charge is 0.223 e. The molecule has 1 amide bonds. The summed E-state index contributed by atoms with van der Waals surface area (Å²) in [5.74, 6) is 0.887. The molecule has 0 aromatic heterocycles. The molecular weight excluding hydrogens is 320 g/mol. The quantitative estimate of drug-likeness (QED) is 0.764. The van der Waals surface area contributed by atoms with E-state index in [4.69, 9.17) is 4.74 Å². The first-order chi connectivity index (χ1) is 9.69. The van der Waals surface area contributed by atoms with E-state index in [0.29, 0.717) is 19.1 Å². The lowest BCUT2D eigenvalue weighted by atomic mass is 10.2. The molecule has 5 heteroatoms. The van der Waals surface area contributed by atoms with Gasteiger partial charge in [-0.1, -0.05) is 22.9 Å². The number of amides is 1. The molecule has 0 unspecified atom stereocenters. The van der Waals surface area contributed by atoms with Gasteiger partial charge in [0.1, 0.15) is 5.75 Å². The van der Waals surface area contributed by atoms with Crippen molar-refractivity contribution in [3.63, 3.8) is 0 Å². The highest BCUT2D eigenvalue weighted by Gasteiger charge is 2.22. The average molecular weight is 341 g/mol. The molecule has 0 atom stereocenters. The van der Waals surface area contributed by atoms with Gasteiger partial charge in [0.05, 0.1) is 13.0 Å². The van der Waals surface area contributed by atoms with Crippen LogP contribution in [0.1, 0.15) is 31.7 Å². The summed E-state index contributed by atoms with van der Waals surface area (Å²) in [6.07, 6.45) is 2.65. The van der Waals surface area contributed by atoms with Gasteiger partial charge in [-0.3, -0.25) is 4.79 Å². The number of carbonyl (C=O) groups excluding carboxylic acids is 1. The highest BCUT2D eigenvalue weighted by molar-refractivity contribution is 9.10. The minimum Gasteiger partial charge on any atom is -0.493 e. The van der Waals surface area contributed by atoms with Crippen LogP contribution >= 0.6 is 15.9 Å². The van der Waals surface area contributed by atoms with Crippen molar-refractivity contribution in [3.8, 4) is 5.75 Å². The number of halogens is 1. The van der Waals surface area contributed by atoms with Crippen LogP contribution in [0.25, 0.3) is 0 Å². The molecule has 2 rings (SSSR count). The maximum Gasteiger partial charge on any atom is 0.223 e. The molecule has 1 fully saturated rings. The Bertz CT molecular complexity index is 461. The van der Waals surface area contributed by atoms with Crippen molar-refractivity contribution in [3.05, 3.63) is 28.2 Å². The van der Waals surface area contributed by atoms with E-state index >= 15 is 0 Å². The zero-order valence-corrected chi connectivity index (χ0v) is 13.3. The largest absolute Gasteiger partial charge is 0.493 e. The minimum atomic E-state index is 0.0810. The van der Waals surface area contributed by atoms with Gasteiger partial charge in [0.25, 0.3) is 0 Å². The summed E-state index contributed by atoms with van der Waals surface area (Å²) in [6, 6.07) is 6.32. The standard InChI is InChI=1S/C15H21BrN2O2/c1-2-17-10-11-9-13(5-6-14(11)16)20-8-7-15(19)18-12-3-4-12/h5-6,9,12,17H,2-4,7-8,10H2,1H3,(H,18,19). The summed E-state index contributed by atoms with van der Waals surface area (Å²) in [5.41, 5.74) is 1.16. The molecule has 0 saturated heterocycles. The second kappa shape index (κ2) is 7.64. The van der Waals surface area contributed by atoms with Crippen LogP contribution in [0.15, 0.2) is 22.7 Å². The molecule has 1 aromatic carbocycles. The normalized spacial score (nSPS) is 14.1. The molecule has 4 nitrogen and oxygen atoms in total. The van der Waals surface area contributed by atoms with E-state index < -0.39 is 0 Å². The fourth-order valence-electron chi connectivity index (χ4n) is 1.83. The van der Waals surface area contributed by atoms with Crippen LogP contribution in [0.4, 0.5) is 0 Å². The first-order valence-corrected chi connectivity index (χ1v) is 7.89. The molecule has 0 heterocycles. The Hall–Kier alpha value is -1.07. The molecule has 0 bridgehead atoms. The lowest BCUT2D eigenvalue weighted by Gasteiger charge is -2.10. The van der Waals surface area contributed by atoms with E-state index in [1.807, 2.05) is 18.2 Å². The maximum atomic E-state index is 11.5. The van der Waals surface area contributed by atoms with Gasteiger partial charge in [0, 0.05) is 17.1 Å². The SMILES string of the molecule is CCNCc1cc(OCCC(=O)NC2CC2)ccc1Br. The van der Waals surface area contributed by atoms with E-state index in [1.165, 1.54) is 0 Å². The fraction of sp³-hybridized carbons (Fsp3) is 0.533. The van der Waals surface area contributed by atoms with Gasteiger partial charge in [-0.15, -0.1) is 0 Å². The third kappa shape index (κ3) is 5.13. The Morgan fingerprint density at radius 1 is 1.45 bits per heavy atom. The predicted molar refractivity (Wildman–Crippen MR) is 82.8 cm³/mol. The number of rotatable bonds is 8. The van der Waals surface area contributed by atoms with Crippen LogP contribution in [0.3, 0.4) is 0 Å². The van der Waals surface area contributed by atoms with E-state index in [-0.39, 0.29) is 5.91 Å². The Kier molecular flexibility index (Phi) is 5.86. The number of carbonyl (C=O) groups is 1. The molecule has 1 saturated carbocycles. The van der Waals surface area contributed by atoms with Crippen LogP contribution in [-0.2, 0) is 11.3 Å². The average Bonchev–Trinajstić information content (AvgIpc) is 3.23. The molecule has 20 heavy (non-hydrogen) atoms. The van der Waals surface area contributed by atoms with E-state index in [1.54, 1.807) is 0 Å². The zero-order valence-electron chi connectivity index (χ0n) is 11.7. The highest BCUT2D eigenvalue weighted by Crippen LogP contribution is 2.23. The summed E-state index contributed by atoms with van der Waals surface area (Å²) in [4.78, 5) is 11.5. The molecular formula is C15H21BrN2O2. The lowest BCUT2D eigenvalue weighted by Crippen LogP contribution is -2.26. The van der Waals surface area contributed by atoms with Crippen molar-refractivity contribution in [2.75, 3.05) is 13.2 Å². The predicted octanol–water partition coefficient (Wildman–Crippen LogP) is 2.61. The van der Waals surface area contributed by atoms with Gasteiger partial charge in [0.2, 0.25) is 5.91 Å². The number of hydrogen-bond acceptors (Lipinski definition) is 3. The maximum absolute atomic E-state index is 11.5. The van der Waals surface area contributed by atoms with Crippen molar-refractivity contribution >= 4 is 21.8 Å². The summed E-state index contributed by atoms with van der Waals surface area (Å²) in [6.45, 7) is 4.23. The van der Waals surface area contributed by atoms with Crippen molar-refractivity contribution in [2.24, 2.45) is 0 Å². The van der Waals surface area contributed by atoms with Crippen LogP contribution in [0.2, 0.25) is 0 Å². The van der Waals surface area contributed by atoms with E-state index in [2.05, 4.69) is 33.5 Å². The zero-order chi connectivity index (χ0) is 14.4. The van der Waals surface area contributed by atoms with Crippen molar-refractivity contribution < 1.29 is 9.53 Å². The Labute approximate surface area is 128 Å². The Balaban J connectivity index is 1.77. The first kappa shape index (κ1) is 15.3. The van der Waals surface area contributed by atoms with E-state index in [0.717, 1.165) is 41.7 Å². The molecule has 0 spiro atoms. The second-order valence-electron chi connectivity index (χ2n) is 4.97. The number of hydrogen-bond donors (Lipinski definition) is 2. The second-order valence-corrected chi connectivity index (χ2v) is 5.83. The highest BCUT2D eigenvalue weighted by atomic mass is 79.9. The van der Waals surface area contributed by atoms with Crippen LogP contribution < -0.4 is 15.4 Å². The topological polar surface area (TPSA) is 50.4 Å². The minimum absolute atomic E-state index is 0.0810. The Morgan fingerprint density at radius 2 is 2.25 bits per heavy atom. The fourth-order valence-corrected chi connectivity index (χ4v) is 2.21. The summed E-state index contributed by atoms with van der Waals surface area (Å²) >= 11 is 3.53. The third-order valence-corrected chi connectivity index (χ3v) is 3.90. The summed E-state index contributed by atoms with van der Waals surface area (Å²) < 4.78 is 6.71. The van der Waals surface area contributed by atoms with Gasteiger partial charge in [0.15, 0.2) is 0 Å². The van der Waals surface area contributed by atoms with Crippen molar-refractivity contribution in [1.29, 1.82) is 0 Å². The molecule has 2 N–H and O–H groups in total. The monoisotopic (exact) mass is 340 g/mol. The van der Waals surface area contributed by atoms with Crippen LogP contribution in [0.5, 0.6) is 5.75 Å². The Morgan fingerprint density at radius 3 is 2.95 bits per heavy atom. The van der Waals surface area contributed by atoms with E-state index in [9.17, 15) is 4.79 Å². The number of ether oxygens (including phenoxy) is 1. The van der Waals surface area contributed by atoms with Crippen LogP contribution in [0, 0.1) is 0 Å². The lowest BCUT2D eigenvalue weighted by molar-refractivity contribution is -0.121.